The molecule has 0 aromatic heterocycles. The van der Waals surface area contributed by atoms with Gasteiger partial charge >= 0.3 is 0 Å². The summed E-state index contributed by atoms with van der Waals surface area (Å²) in [6.07, 6.45) is 5.07. The maximum absolute atomic E-state index is 13.7. The Morgan fingerprint density at radius 1 is 1.09 bits per heavy atom. The van der Waals surface area contributed by atoms with E-state index in [0.717, 1.165) is 64.6 Å². The predicted octanol–water partition coefficient (Wildman–Crippen LogP) is 2.52. The topological polar surface area (TPSA) is 88.5 Å². The highest BCUT2D eigenvalue weighted by atomic mass is 19.1. The molecule has 2 N–H and O–H groups in total. The first-order valence-electron chi connectivity index (χ1n) is 13.1. The van der Waals surface area contributed by atoms with Crippen molar-refractivity contribution in [1.82, 2.24) is 20.4 Å². The first-order valence-corrected chi connectivity index (χ1v) is 13.1. The fourth-order valence-corrected chi connectivity index (χ4v) is 6.61. The molecule has 2 amide bonds. The Labute approximate surface area is 207 Å². The summed E-state index contributed by atoms with van der Waals surface area (Å²) in [5.74, 6) is 0.00359. The molecule has 35 heavy (non-hydrogen) atoms. The lowest BCUT2D eigenvalue weighted by Crippen LogP contribution is -2.60. The first kappa shape index (κ1) is 24.2. The van der Waals surface area contributed by atoms with Gasteiger partial charge in [-0.15, -0.1) is 0 Å². The summed E-state index contributed by atoms with van der Waals surface area (Å²) < 4.78 is 13.7. The Morgan fingerprint density at radius 2 is 1.80 bits per heavy atom. The molecule has 0 radical (unpaired) electrons. The van der Waals surface area contributed by atoms with Crippen LogP contribution < -0.4 is 10.6 Å². The maximum atomic E-state index is 13.7. The van der Waals surface area contributed by atoms with Gasteiger partial charge in [-0.2, -0.15) is 5.26 Å². The second-order valence-electron chi connectivity index (χ2n) is 11.1. The highest BCUT2D eigenvalue weighted by Crippen LogP contribution is 2.52. The van der Waals surface area contributed by atoms with E-state index in [1.54, 1.807) is 0 Å². The maximum Gasteiger partial charge on any atom is 0.237 e. The molecule has 0 spiro atoms. The molecule has 5 aliphatic rings. The fourth-order valence-electron chi connectivity index (χ4n) is 6.61. The summed E-state index contributed by atoms with van der Waals surface area (Å²) in [4.78, 5) is 29.8. The van der Waals surface area contributed by atoms with E-state index in [-0.39, 0.29) is 48.3 Å². The molecule has 2 bridgehead atoms. The van der Waals surface area contributed by atoms with E-state index in [1.807, 2.05) is 12.1 Å². The third-order valence-corrected chi connectivity index (χ3v) is 8.92. The average molecular weight is 482 g/mol. The van der Waals surface area contributed by atoms with Crippen molar-refractivity contribution in [1.29, 1.82) is 5.26 Å². The molecule has 3 saturated carbocycles. The number of nitrogens with zero attached hydrogens (tertiary/aromatic N) is 3. The van der Waals surface area contributed by atoms with Crippen molar-refractivity contribution in [2.75, 3.05) is 26.2 Å². The SMILES string of the molecule is N#C[C@@H]1C[C@H](F)CN1C(=O)CNC12CCC(C(=O)NC3CCN(Cc4ccccc4)C3)(CC1)CC2. The van der Waals surface area contributed by atoms with Gasteiger partial charge in [0.25, 0.3) is 0 Å². The number of benzene rings is 1. The van der Waals surface area contributed by atoms with Crippen molar-refractivity contribution in [2.24, 2.45) is 5.41 Å². The molecule has 6 rings (SSSR count). The summed E-state index contributed by atoms with van der Waals surface area (Å²) in [7, 11) is 0. The van der Waals surface area contributed by atoms with E-state index in [9.17, 15) is 19.2 Å². The van der Waals surface area contributed by atoms with Crippen molar-refractivity contribution in [3.63, 3.8) is 0 Å². The van der Waals surface area contributed by atoms with Gasteiger partial charge in [0.2, 0.25) is 11.8 Å². The van der Waals surface area contributed by atoms with Gasteiger partial charge < -0.3 is 15.5 Å². The number of likely N-dealkylation sites (tertiary alicyclic amines) is 2. The smallest absolute Gasteiger partial charge is 0.237 e. The monoisotopic (exact) mass is 481 g/mol. The van der Waals surface area contributed by atoms with Gasteiger partial charge in [-0.1, -0.05) is 30.3 Å². The van der Waals surface area contributed by atoms with E-state index in [0.29, 0.717) is 0 Å². The Balaban J connectivity index is 1.09. The number of hydrogen-bond acceptors (Lipinski definition) is 5. The molecule has 1 aromatic carbocycles. The van der Waals surface area contributed by atoms with E-state index in [1.165, 1.54) is 10.5 Å². The van der Waals surface area contributed by atoms with Gasteiger partial charge in [0.1, 0.15) is 12.2 Å². The Bertz CT molecular complexity index is 955. The number of carbonyl (C=O) groups excluding carboxylic acids is 2. The van der Waals surface area contributed by atoms with Crippen molar-refractivity contribution < 1.29 is 14.0 Å². The van der Waals surface area contributed by atoms with Gasteiger partial charge in [-0.25, -0.2) is 4.39 Å². The van der Waals surface area contributed by atoms with Gasteiger partial charge in [0.05, 0.1) is 19.2 Å². The van der Waals surface area contributed by atoms with Crippen LogP contribution in [-0.4, -0.2) is 71.6 Å². The minimum Gasteiger partial charge on any atom is -0.352 e. The quantitative estimate of drug-likeness (QED) is 0.625. The van der Waals surface area contributed by atoms with Crippen LogP contribution in [0.25, 0.3) is 0 Å². The van der Waals surface area contributed by atoms with Gasteiger partial charge in [0, 0.05) is 43.1 Å². The zero-order valence-corrected chi connectivity index (χ0v) is 20.3. The first-order chi connectivity index (χ1) is 16.9. The number of amides is 2. The van der Waals surface area contributed by atoms with Crippen molar-refractivity contribution in [2.45, 2.75) is 81.7 Å². The van der Waals surface area contributed by atoms with Crippen molar-refractivity contribution in [3.8, 4) is 6.07 Å². The largest absolute Gasteiger partial charge is 0.352 e. The minimum atomic E-state index is -1.12. The summed E-state index contributed by atoms with van der Waals surface area (Å²) in [5.41, 5.74) is 0.884. The Kier molecular flexibility index (Phi) is 6.82. The van der Waals surface area contributed by atoms with Crippen molar-refractivity contribution in [3.05, 3.63) is 35.9 Å². The highest BCUT2D eigenvalue weighted by Gasteiger charge is 2.52. The van der Waals surface area contributed by atoms with Gasteiger partial charge in [0.15, 0.2) is 0 Å². The molecular formula is C27H36FN5O2. The lowest BCUT2D eigenvalue weighted by Gasteiger charge is -2.53. The number of nitrogens with one attached hydrogen (secondary N) is 2. The molecule has 3 aliphatic carbocycles. The molecule has 2 heterocycles. The zero-order valence-electron chi connectivity index (χ0n) is 20.3. The highest BCUT2D eigenvalue weighted by molar-refractivity contribution is 5.83. The van der Waals surface area contributed by atoms with Crippen LogP contribution in [0.2, 0.25) is 0 Å². The molecule has 3 atom stereocenters. The number of carbonyl (C=O) groups is 2. The Morgan fingerprint density at radius 3 is 2.49 bits per heavy atom. The number of halogens is 1. The zero-order chi connectivity index (χ0) is 24.5. The summed E-state index contributed by atoms with van der Waals surface area (Å²) in [6, 6.07) is 12.0. The number of nitriles is 1. The summed E-state index contributed by atoms with van der Waals surface area (Å²) >= 11 is 0. The van der Waals surface area contributed by atoms with Crippen LogP contribution in [0.1, 0.15) is 56.9 Å². The minimum absolute atomic E-state index is 0.0129. The van der Waals surface area contributed by atoms with Crippen LogP contribution in [0.3, 0.4) is 0 Å². The second-order valence-corrected chi connectivity index (χ2v) is 11.1. The van der Waals surface area contributed by atoms with Gasteiger partial charge in [-0.05, 0) is 50.5 Å². The predicted molar refractivity (Wildman–Crippen MR) is 130 cm³/mol. The third-order valence-electron chi connectivity index (χ3n) is 8.92. The molecular weight excluding hydrogens is 445 g/mol. The lowest BCUT2D eigenvalue weighted by molar-refractivity contribution is -0.140. The average Bonchev–Trinajstić information content (AvgIpc) is 3.50. The van der Waals surface area contributed by atoms with Crippen LogP contribution in [0, 0.1) is 16.7 Å². The molecule has 1 aromatic rings. The molecule has 2 aliphatic heterocycles. The van der Waals surface area contributed by atoms with E-state index in [2.05, 4.69) is 39.8 Å². The normalized spacial score (nSPS) is 34.6. The standard InChI is InChI=1S/C27H36FN5O2/c28-21-14-23(15-29)33(18-21)24(34)16-30-27-10-7-26(8-11-27,9-12-27)25(35)31-22-6-13-32(19-22)17-20-4-2-1-3-5-20/h1-5,21-23,30H,6-14,16-19H2,(H,31,35)/t21-,22?,23-,26?,27?/m0/s1. The van der Waals surface area contributed by atoms with Gasteiger partial charge in [-0.3, -0.25) is 14.5 Å². The van der Waals surface area contributed by atoms with Crippen molar-refractivity contribution >= 4 is 11.8 Å². The van der Waals surface area contributed by atoms with Crippen LogP contribution in [0.15, 0.2) is 30.3 Å². The Hall–Kier alpha value is -2.50. The number of fused-ring (bicyclic) bond motifs is 3. The molecule has 8 heteroatoms. The van der Waals surface area contributed by atoms with Crippen LogP contribution in [0.4, 0.5) is 4.39 Å². The third kappa shape index (κ3) is 5.07. The summed E-state index contributed by atoms with van der Waals surface area (Å²) in [5, 5.41) is 16.0. The number of alkyl halides is 1. The molecule has 188 valence electrons. The van der Waals surface area contributed by atoms with E-state index < -0.39 is 12.2 Å². The molecule has 7 nitrogen and oxygen atoms in total. The molecule has 1 unspecified atom stereocenters. The summed E-state index contributed by atoms with van der Waals surface area (Å²) in [6.45, 7) is 2.96. The van der Waals surface area contributed by atoms with Crippen LogP contribution in [-0.2, 0) is 16.1 Å². The van der Waals surface area contributed by atoms with Crippen LogP contribution >= 0.6 is 0 Å². The lowest BCUT2D eigenvalue weighted by atomic mass is 9.57. The van der Waals surface area contributed by atoms with E-state index >= 15 is 0 Å². The van der Waals surface area contributed by atoms with Crippen LogP contribution in [0.5, 0.6) is 0 Å². The number of hydrogen-bond donors (Lipinski definition) is 2. The molecule has 2 saturated heterocycles. The second kappa shape index (κ2) is 9.87. The van der Waals surface area contributed by atoms with E-state index in [4.69, 9.17) is 0 Å². The molecule has 5 fully saturated rings. The fraction of sp³-hybridized carbons (Fsp3) is 0.667. The number of rotatable bonds is 7.